The molecule has 4 nitrogen and oxygen atoms in total. The van der Waals surface area contributed by atoms with Crippen LogP contribution in [-0.2, 0) is 11.0 Å². The molecule has 0 aromatic heterocycles. The second kappa shape index (κ2) is 11.7. The number of benzene rings is 1. The summed E-state index contributed by atoms with van der Waals surface area (Å²) < 4.78 is 15.2. The van der Waals surface area contributed by atoms with Crippen LogP contribution in [-0.4, -0.2) is 39.3 Å². The molecule has 0 heterocycles. The Labute approximate surface area is 149 Å². The Kier molecular flexibility index (Phi) is 11.8. The molecule has 0 saturated carbocycles. The van der Waals surface area contributed by atoms with Crippen LogP contribution < -0.4 is 4.52 Å². The van der Waals surface area contributed by atoms with Gasteiger partial charge in [0.2, 0.25) is 0 Å². The Hall–Kier alpha value is 0.170. The summed E-state index contributed by atoms with van der Waals surface area (Å²) in [5.41, 5.74) is 1.18. The van der Waals surface area contributed by atoms with Crippen molar-refractivity contribution < 1.29 is 18.9 Å². The van der Waals surface area contributed by atoms with Gasteiger partial charge in [0.25, 0.3) is 0 Å². The predicted molar refractivity (Wildman–Crippen MR) is 88.0 cm³/mol. The van der Waals surface area contributed by atoms with E-state index in [-0.39, 0.29) is 35.3 Å². The van der Waals surface area contributed by atoms with Gasteiger partial charge in [-0.05, 0) is 30.5 Å². The van der Waals surface area contributed by atoms with E-state index in [1.54, 1.807) is 12.1 Å². The summed E-state index contributed by atoms with van der Waals surface area (Å²) >= 11 is 0. The Bertz CT molecular complexity index is 416. The molecule has 116 valence electrons. The Morgan fingerprint density at radius 3 is 2.00 bits per heavy atom. The number of rotatable bonds is 10. The second-order valence-electron chi connectivity index (χ2n) is 5.10. The summed E-state index contributed by atoms with van der Waals surface area (Å²) in [6.45, 7) is 2.22. The number of aryl methyl sites for hydroxylation is 1. The third-order valence-corrected chi connectivity index (χ3v) is 3.67. The average Bonchev–Trinajstić information content (AvgIpc) is 2.38. The summed E-state index contributed by atoms with van der Waals surface area (Å²) in [5, 5.41) is 0. The molecule has 0 aliphatic carbocycles. The zero-order chi connectivity index (χ0) is 14.8. The van der Waals surface area contributed by atoms with E-state index in [0.29, 0.717) is 0 Å². The summed E-state index contributed by atoms with van der Waals surface area (Å²) in [6.07, 6.45) is 9.97. The van der Waals surface area contributed by atoms with E-state index in [9.17, 15) is 4.57 Å². The molecule has 0 saturated heterocycles. The number of hydrogen-bond donors (Lipinski definition) is 2. The predicted octanol–water partition coefficient (Wildman–Crippen LogP) is 3.80. The van der Waals surface area contributed by atoms with Crippen molar-refractivity contribution in [2.45, 2.75) is 58.3 Å². The normalized spacial score (nSPS) is 11.0. The molecular weight excluding hydrogens is 298 g/mol. The van der Waals surface area contributed by atoms with Gasteiger partial charge < -0.3 is 4.52 Å². The van der Waals surface area contributed by atoms with Crippen LogP contribution in [0.15, 0.2) is 24.3 Å². The van der Waals surface area contributed by atoms with Gasteiger partial charge in [0, 0.05) is 0 Å². The summed E-state index contributed by atoms with van der Waals surface area (Å²) in [4.78, 5) is 17.4. The quantitative estimate of drug-likeness (QED) is 0.390. The van der Waals surface area contributed by atoms with Crippen LogP contribution in [0.2, 0.25) is 0 Å². The Morgan fingerprint density at radius 2 is 1.48 bits per heavy atom. The molecule has 0 radical (unpaired) electrons. The first kappa shape index (κ1) is 21.2. The van der Waals surface area contributed by atoms with E-state index in [0.717, 1.165) is 12.8 Å². The van der Waals surface area contributed by atoms with E-state index in [1.165, 1.54) is 44.1 Å². The van der Waals surface area contributed by atoms with E-state index in [4.69, 9.17) is 9.79 Å². The monoisotopic (exact) mass is 324 g/mol. The fourth-order valence-electron chi connectivity index (χ4n) is 2.14. The molecule has 6 heteroatoms. The van der Waals surface area contributed by atoms with Gasteiger partial charge in [0.15, 0.2) is 0 Å². The fraction of sp³-hybridized carbons (Fsp3) is 0.600. The van der Waals surface area contributed by atoms with Crippen LogP contribution in [0.5, 0.6) is 5.75 Å². The van der Waals surface area contributed by atoms with Crippen LogP contribution in [0.25, 0.3) is 0 Å². The van der Waals surface area contributed by atoms with Gasteiger partial charge >= 0.3 is 37.4 Å². The van der Waals surface area contributed by atoms with Gasteiger partial charge in [-0.3, -0.25) is 9.79 Å². The van der Waals surface area contributed by atoms with Crippen molar-refractivity contribution in [1.29, 1.82) is 0 Å². The van der Waals surface area contributed by atoms with Crippen LogP contribution in [0.3, 0.4) is 0 Å². The van der Waals surface area contributed by atoms with Crippen LogP contribution in [0, 0.1) is 0 Å². The average molecular weight is 324 g/mol. The van der Waals surface area contributed by atoms with Crippen molar-refractivity contribution in [2.75, 3.05) is 0 Å². The maximum absolute atomic E-state index is 10.7. The first-order chi connectivity index (χ1) is 9.51. The third-order valence-electron chi connectivity index (χ3n) is 3.22. The third kappa shape index (κ3) is 11.4. The molecule has 1 rings (SSSR count). The van der Waals surface area contributed by atoms with Crippen molar-refractivity contribution in [2.24, 2.45) is 0 Å². The van der Waals surface area contributed by atoms with Gasteiger partial charge in [-0.1, -0.05) is 57.6 Å². The van der Waals surface area contributed by atoms with Gasteiger partial charge in [-0.25, -0.2) is 4.57 Å². The number of phosphoric ester groups is 1. The topological polar surface area (TPSA) is 66.8 Å². The standard InChI is InChI=1S/C15H25O4P.Na.H/c1-2-3-4-5-6-7-8-9-14-10-12-15(13-11-14)19-20(16,17)18;;/h10-13H,2-9H2,1H3,(H2,16,17,18);;. The first-order valence-corrected chi connectivity index (χ1v) is 8.88. The minimum absolute atomic E-state index is 0. The molecule has 0 aliphatic rings. The number of phosphoric acid groups is 1. The molecule has 0 bridgehead atoms. The van der Waals surface area contributed by atoms with Crippen molar-refractivity contribution in [3.05, 3.63) is 29.8 Å². The van der Waals surface area contributed by atoms with Crippen LogP contribution >= 0.6 is 7.82 Å². The molecule has 0 aliphatic heterocycles. The molecular formula is C15H26NaO4P. The van der Waals surface area contributed by atoms with E-state index in [1.807, 2.05) is 12.1 Å². The van der Waals surface area contributed by atoms with E-state index in [2.05, 4.69) is 11.4 Å². The van der Waals surface area contributed by atoms with Crippen LogP contribution in [0.4, 0.5) is 0 Å². The second-order valence-corrected chi connectivity index (χ2v) is 6.26. The maximum atomic E-state index is 10.7. The molecule has 2 N–H and O–H groups in total. The molecule has 0 spiro atoms. The summed E-state index contributed by atoms with van der Waals surface area (Å²) in [6, 6.07) is 6.94. The number of unbranched alkanes of at least 4 members (excludes halogenated alkanes) is 6. The molecule has 0 amide bonds. The van der Waals surface area contributed by atoms with Crippen LogP contribution in [0.1, 0.15) is 57.4 Å². The molecule has 1 aromatic rings. The zero-order valence-electron chi connectivity index (χ0n) is 12.1. The van der Waals surface area contributed by atoms with Gasteiger partial charge in [-0.15, -0.1) is 0 Å². The summed E-state index contributed by atoms with van der Waals surface area (Å²) in [7, 11) is -4.44. The van der Waals surface area contributed by atoms with Gasteiger partial charge in [0.05, 0.1) is 0 Å². The van der Waals surface area contributed by atoms with Crippen molar-refractivity contribution in [3.63, 3.8) is 0 Å². The van der Waals surface area contributed by atoms with E-state index >= 15 is 0 Å². The van der Waals surface area contributed by atoms with Crippen molar-refractivity contribution in [1.82, 2.24) is 0 Å². The van der Waals surface area contributed by atoms with Gasteiger partial charge in [-0.2, -0.15) is 0 Å². The van der Waals surface area contributed by atoms with Gasteiger partial charge in [0.1, 0.15) is 5.75 Å². The Morgan fingerprint density at radius 1 is 0.952 bits per heavy atom. The molecule has 0 fully saturated rings. The SMILES string of the molecule is CCCCCCCCCc1ccc(OP(=O)(O)O)cc1.[NaH]. The minimum atomic E-state index is -4.44. The number of hydrogen-bond acceptors (Lipinski definition) is 2. The molecule has 0 atom stereocenters. The fourth-order valence-corrected chi connectivity index (χ4v) is 2.54. The molecule has 1 aromatic carbocycles. The Balaban J connectivity index is 0.00000400. The van der Waals surface area contributed by atoms with Crippen molar-refractivity contribution in [3.8, 4) is 5.75 Å². The van der Waals surface area contributed by atoms with Crippen molar-refractivity contribution >= 4 is 37.4 Å². The molecule has 0 unspecified atom stereocenters. The first-order valence-electron chi connectivity index (χ1n) is 7.35. The van der Waals surface area contributed by atoms with E-state index < -0.39 is 7.82 Å². The summed E-state index contributed by atoms with van der Waals surface area (Å²) in [5.74, 6) is 0.210. The molecule has 21 heavy (non-hydrogen) atoms. The zero-order valence-corrected chi connectivity index (χ0v) is 13.0.